The quantitative estimate of drug-likeness (QED) is 0.596. The highest BCUT2D eigenvalue weighted by Crippen LogP contribution is 2.24. The Kier molecular flexibility index (Phi) is 8.63. The third-order valence-electron chi connectivity index (χ3n) is 4.86. The van der Waals surface area contributed by atoms with Crippen LogP contribution in [0.25, 0.3) is 0 Å². The van der Waals surface area contributed by atoms with Crippen LogP contribution in [0.3, 0.4) is 0 Å². The van der Waals surface area contributed by atoms with Crippen molar-refractivity contribution in [2.75, 3.05) is 65.5 Å². The normalized spacial score (nSPS) is 13.7. The summed E-state index contributed by atoms with van der Waals surface area (Å²) < 4.78 is 15.7. The summed E-state index contributed by atoms with van der Waals surface area (Å²) in [6.45, 7) is 3.39. The summed E-state index contributed by atoms with van der Waals surface area (Å²) in [4.78, 5) is 33.3. The molecule has 0 unspecified atom stereocenters. The molecule has 1 aromatic heterocycles. The number of carbonyl (C=O) groups excluding carboxylic acids is 2. The fourth-order valence-corrected chi connectivity index (χ4v) is 3.84. The van der Waals surface area contributed by atoms with Crippen LogP contribution < -0.4 is 10.1 Å². The molecule has 168 valence electrons. The molecule has 2 aromatic rings. The lowest BCUT2D eigenvalue weighted by Gasteiger charge is -2.28. The average Bonchev–Trinajstić information content (AvgIpc) is 3.27. The first kappa shape index (κ1) is 23.0. The van der Waals surface area contributed by atoms with Crippen molar-refractivity contribution >= 4 is 34.0 Å². The standard InChI is InChI=1S/C21H28N4O5S/c1-28-11-8-25(7-6-19(26)24-9-12-30-13-10-24)20(27)18-15-31-21(23-18)22-16-4-3-5-17(14-16)29-2/h3-5,14-15H,6-13H2,1-2H3,(H,22,23). The first-order valence-corrected chi connectivity index (χ1v) is 11.0. The van der Waals surface area contributed by atoms with Crippen molar-refractivity contribution in [2.45, 2.75) is 6.42 Å². The number of thiazole rings is 1. The molecule has 9 nitrogen and oxygen atoms in total. The van der Waals surface area contributed by atoms with E-state index in [2.05, 4.69) is 10.3 Å². The van der Waals surface area contributed by atoms with Crippen LogP contribution >= 0.6 is 11.3 Å². The SMILES string of the molecule is COCCN(CCC(=O)N1CCOCC1)C(=O)c1csc(Nc2cccc(OC)c2)n1. The Hall–Kier alpha value is -2.69. The van der Waals surface area contributed by atoms with Gasteiger partial charge in [0.2, 0.25) is 5.91 Å². The van der Waals surface area contributed by atoms with Crippen molar-refractivity contribution in [2.24, 2.45) is 0 Å². The van der Waals surface area contributed by atoms with Crippen molar-refractivity contribution in [3.05, 3.63) is 35.3 Å². The maximum absolute atomic E-state index is 13.0. The second-order valence-electron chi connectivity index (χ2n) is 6.92. The number of hydrogen-bond acceptors (Lipinski definition) is 8. The predicted octanol–water partition coefficient (Wildman–Crippen LogP) is 2.23. The number of nitrogens with one attached hydrogen (secondary N) is 1. The number of aromatic nitrogens is 1. The Balaban J connectivity index is 1.61. The molecule has 0 saturated carbocycles. The molecule has 2 heterocycles. The van der Waals surface area contributed by atoms with Crippen LogP contribution in [0.5, 0.6) is 5.75 Å². The first-order valence-electron chi connectivity index (χ1n) is 10.1. The molecule has 0 spiro atoms. The molecule has 0 radical (unpaired) electrons. The van der Waals surface area contributed by atoms with E-state index >= 15 is 0 Å². The minimum absolute atomic E-state index is 0.0252. The molecule has 1 saturated heterocycles. The molecule has 0 bridgehead atoms. The van der Waals surface area contributed by atoms with Gasteiger partial charge in [-0.2, -0.15) is 0 Å². The van der Waals surface area contributed by atoms with Crippen LogP contribution in [0.1, 0.15) is 16.9 Å². The zero-order valence-corrected chi connectivity index (χ0v) is 18.7. The second kappa shape index (κ2) is 11.6. The zero-order chi connectivity index (χ0) is 22.1. The van der Waals surface area contributed by atoms with Crippen molar-refractivity contribution < 1.29 is 23.8 Å². The van der Waals surface area contributed by atoms with E-state index in [9.17, 15) is 9.59 Å². The minimum atomic E-state index is -0.221. The van der Waals surface area contributed by atoms with Gasteiger partial charge < -0.3 is 29.3 Å². The van der Waals surface area contributed by atoms with Gasteiger partial charge >= 0.3 is 0 Å². The summed E-state index contributed by atoms with van der Waals surface area (Å²) in [6.07, 6.45) is 0.258. The predicted molar refractivity (Wildman–Crippen MR) is 118 cm³/mol. The van der Waals surface area contributed by atoms with Gasteiger partial charge in [-0.3, -0.25) is 9.59 Å². The summed E-state index contributed by atoms with van der Waals surface area (Å²) in [5, 5.41) is 5.51. The van der Waals surface area contributed by atoms with Crippen molar-refractivity contribution in [3.8, 4) is 5.75 Å². The molecule has 31 heavy (non-hydrogen) atoms. The van der Waals surface area contributed by atoms with Gasteiger partial charge in [0, 0.05) is 56.8 Å². The van der Waals surface area contributed by atoms with E-state index in [1.165, 1.54) is 11.3 Å². The van der Waals surface area contributed by atoms with E-state index in [0.717, 1.165) is 11.4 Å². The average molecular weight is 449 g/mol. The molecule has 3 rings (SSSR count). The molecule has 0 atom stereocenters. The highest BCUT2D eigenvalue weighted by atomic mass is 32.1. The van der Waals surface area contributed by atoms with Crippen LogP contribution in [0.2, 0.25) is 0 Å². The van der Waals surface area contributed by atoms with Crippen molar-refractivity contribution in [1.82, 2.24) is 14.8 Å². The largest absolute Gasteiger partial charge is 0.497 e. The van der Waals surface area contributed by atoms with Gasteiger partial charge in [0.1, 0.15) is 11.4 Å². The topological polar surface area (TPSA) is 93.2 Å². The third kappa shape index (κ3) is 6.65. The number of rotatable bonds is 10. The molecule has 2 amide bonds. The zero-order valence-electron chi connectivity index (χ0n) is 17.8. The molecule has 1 N–H and O–H groups in total. The van der Waals surface area contributed by atoms with Crippen LogP contribution in [0.4, 0.5) is 10.8 Å². The Labute approximate surface area is 185 Å². The fourth-order valence-electron chi connectivity index (χ4n) is 3.13. The molecule has 1 aliphatic heterocycles. The highest BCUT2D eigenvalue weighted by Gasteiger charge is 2.22. The summed E-state index contributed by atoms with van der Waals surface area (Å²) in [5.41, 5.74) is 1.16. The molecule has 0 aliphatic carbocycles. The lowest BCUT2D eigenvalue weighted by molar-refractivity contribution is -0.135. The van der Waals surface area contributed by atoms with Crippen LogP contribution in [0, 0.1) is 0 Å². The number of ether oxygens (including phenoxy) is 3. The van der Waals surface area contributed by atoms with Crippen LogP contribution in [-0.2, 0) is 14.3 Å². The highest BCUT2D eigenvalue weighted by molar-refractivity contribution is 7.14. The van der Waals surface area contributed by atoms with E-state index in [4.69, 9.17) is 14.2 Å². The lowest BCUT2D eigenvalue weighted by atomic mass is 10.3. The second-order valence-corrected chi connectivity index (χ2v) is 7.78. The molecule has 1 aromatic carbocycles. The lowest BCUT2D eigenvalue weighted by Crippen LogP contribution is -2.43. The maximum Gasteiger partial charge on any atom is 0.273 e. The Morgan fingerprint density at radius 3 is 2.81 bits per heavy atom. The van der Waals surface area contributed by atoms with E-state index in [0.29, 0.717) is 56.8 Å². The summed E-state index contributed by atoms with van der Waals surface area (Å²) in [7, 11) is 3.19. The molecular weight excluding hydrogens is 420 g/mol. The van der Waals surface area contributed by atoms with Gasteiger partial charge in [-0.15, -0.1) is 11.3 Å². The van der Waals surface area contributed by atoms with Gasteiger partial charge in [0.15, 0.2) is 5.13 Å². The number of methoxy groups -OCH3 is 2. The number of benzene rings is 1. The Morgan fingerprint density at radius 1 is 1.26 bits per heavy atom. The van der Waals surface area contributed by atoms with Gasteiger partial charge in [0.05, 0.1) is 26.9 Å². The number of amides is 2. The van der Waals surface area contributed by atoms with Gasteiger partial charge in [-0.1, -0.05) is 6.07 Å². The fraction of sp³-hybridized carbons (Fsp3) is 0.476. The maximum atomic E-state index is 13.0. The van der Waals surface area contributed by atoms with Gasteiger partial charge in [0.25, 0.3) is 5.91 Å². The van der Waals surface area contributed by atoms with Gasteiger partial charge in [-0.05, 0) is 12.1 Å². The molecule has 1 fully saturated rings. The summed E-state index contributed by atoms with van der Waals surface area (Å²) in [6, 6.07) is 7.48. The summed E-state index contributed by atoms with van der Waals surface area (Å²) in [5.74, 6) is 0.535. The monoisotopic (exact) mass is 448 g/mol. The van der Waals surface area contributed by atoms with E-state index in [-0.39, 0.29) is 18.2 Å². The van der Waals surface area contributed by atoms with E-state index in [1.807, 2.05) is 24.3 Å². The van der Waals surface area contributed by atoms with E-state index < -0.39 is 0 Å². The number of carbonyl (C=O) groups is 2. The molecule has 1 aliphatic rings. The Bertz CT molecular complexity index is 869. The first-order chi connectivity index (χ1) is 15.1. The Morgan fingerprint density at radius 2 is 2.06 bits per heavy atom. The third-order valence-corrected chi connectivity index (χ3v) is 5.61. The summed E-state index contributed by atoms with van der Waals surface area (Å²) >= 11 is 1.34. The molecular formula is C21H28N4O5S. The van der Waals surface area contributed by atoms with Crippen molar-refractivity contribution in [3.63, 3.8) is 0 Å². The minimum Gasteiger partial charge on any atom is -0.497 e. The van der Waals surface area contributed by atoms with Gasteiger partial charge in [-0.25, -0.2) is 4.98 Å². The number of anilines is 2. The number of morpholine rings is 1. The van der Waals surface area contributed by atoms with Crippen molar-refractivity contribution in [1.29, 1.82) is 0 Å². The van der Waals surface area contributed by atoms with Crippen LogP contribution in [0.15, 0.2) is 29.6 Å². The smallest absolute Gasteiger partial charge is 0.273 e. The van der Waals surface area contributed by atoms with Crippen LogP contribution in [-0.4, -0.2) is 86.8 Å². The number of hydrogen-bond donors (Lipinski definition) is 1. The molecule has 10 heteroatoms. The number of nitrogens with zero attached hydrogens (tertiary/aromatic N) is 3. The van der Waals surface area contributed by atoms with E-state index in [1.54, 1.807) is 29.4 Å².